The molecule has 6 nitrogen and oxygen atoms in total. The zero-order valence-electron chi connectivity index (χ0n) is 18.9. The minimum absolute atomic E-state index is 0.697. The average Bonchev–Trinajstić information content (AvgIpc) is 3.54. The van der Waals surface area contributed by atoms with E-state index in [9.17, 15) is 13.2 Å². The van der Waals surface area contributed by atoms with Gasteiger partial charge in [0, 0.05) is 12.2 Å². The smallest absolute Gasteiger partial charge is 0.307 e. The highest BCUT2D eigenvalue weighted by Gasteiger charge is 2.25. The van der Waals surface area contributed by atoms with Gasteiger partial charge in [0.1, 0.15) is 0 Å². The molecule has 1 heterocycles. The van der Waals surface area contributed by atoms with Crippen molar-refractivity contribution in [3.63, 3.8) is 0 Å². The number of anilines is 1. The zero-order valence-corrected chi connectivity index (χ0v) is 19.7. The predicted octanol–water partition coefficient (Wildman–Crippen LogP) is 4.38. The van der Waals surface area contributed by atoms with Gasteiger partial charge in [0.15, 0.2) is 0 Å². The van der Waals surface area contributed by atoms with Crippen LogP contribution in [-0.2, 0) is 42.3 Å². The molecule has 0 bridgehead atoms. The Hall–Kier alpha value is -2.64. The second-order valence-electron chi connectivity index (χ2n) is 9.37. The van der Waals surface area contributed by atoms with Crippen LogP contribution in [0, 0.1) is 0 Å². The number of nitrogens with zero attached hydrogens (tertiary/aromatic N) is 1. The molecule has 5 rings (SSSR count). The fourth-order valence-corrected chi connectivity index (χ4v) is 6.15. The number of sulfonamides is 1. The third-order valence-corrected chi connectivity index (χ3v) is 7.91. The molecule has 1 fully saturated rings. The highest BCUT2D eigenvalue weighted by Crippen LogP contribution is 2.38. The maximum atomic E-state index is 12.6. The molecule has 0 atom stereocenters. The van der Waals surface area contributed by atoms with Crippen molar-refractivity contribution in [2.24, 2.45) is 0 Å². The Bertz CT molecular complexity index is 1170. The molecule has 2 aromatic rings. The van der Waals surface area contributed by atoms with E-state index in [4.69, 9.17) is 0 Å². The summed E-state index contributed by atoms with van der Waals surface area (Å²) in [6.45, 7) is 3.10. The van der Waals surface area contributed by atoms with Crippen molar-refractivity contribution in [1.82, 2.24) is 9.62 Å². The Kier molecular flexibility index (Phi) is 6.25. The fraction of sp³-hybridized carbons (Fsp3) is 0.423. The number of fused-ring (bicyclic) bond motifs is 2. The Morgan fingerprint density at radius 2 is 1.64 bits per heavy atom. The second kappa shape index (κ2) is 9.31. The lowest BCUT2D eigenvalue weighted by Gasteiger charge is -2.16. The van der Waals surface area contributed by atoms with Crippen LogP contribution >= 0.6 is 0 Å². The van der Waals surface area contributed by atoms with Crippen LogP contribution in [0.4, 0.5) is 10.5 Å². The maximum absolute atomic E-state index is 12.6. The summed E-state index contributed by atoms with van der Waals surface area (Å²) in [4.78, 5) is 15.1. The lowest BCUT2D eigenvalue weighted by molar-refractivity contribution is 0.256. The average molecular weight is 466 g/mol. The molecule has 0 spiro atoms. The first-order valence-electron chi connectivity index (χ1n) is 12.0. The van der Waals surface area contributed by atoms with Crippen LogP contribution in [0.25, 0.3) is 6.08 Å². The number of hydrogen-bond donors (Lipinski definition) is 2. The van der Waals surface area contributed by atoms with Crippen LogP contribution in [-0.4, -0.2) is 32.4 Å². The Morgan fingerprint density at radius 1 is 0.939 bits per heavy atom. The maximum Gasteiger partial charge on any atom is 0.333 e. The molecule has 2 aliphatic carbocycles. The number of urea groups is 1. The summed E-state index contributed by atoms with van der Waals surface area (Å²) in [5.41, 5.74) is 7.74. The lowest BCUT2D eigenvalue weighted by atomic mass is 9.99. The topological polar surface area (TPSA) is 78.5 Å². The number of nitrogens with one attached hydrogen (secondary N) is 2. The predicted molar refractivity (Wildman–Crippen MR) is 132 cm³/mol. The van der Waals surface area contributed by atoms with Crippen LogP contribution < -0.4 is 10.0 Å². The van der Waals surface area contributed by atoms with E-state index in [2.05, 4.69) is 27.1 Å². The molecule has 33 heavy (non-hydrogen) atoms. The van der Waals surface area contributed by atoms with Crippen LogP contribution in [0.3, 0.4) is 0 Å². The van der Waals surface area contributed by atoms with Gasteiger partial charge in [-0.25, -0.2) is 17.9 Å². The molecule has 0 saturated carbocycles. The number of likely N-dealkylation sites (tertiary alicyclic amines) is 1. The number of aryl methyl sites for hydroxylation is 2. The summed E-state index contributed by atoms with van der Waals surface area (Å²) in [6.07, 6.45) is 10.1. The highest BCUT2D eigenvalue weighted by atomic mass is 32.2. The van der Waals surface area contributed by atoms with Crippen LogP contribution in [0.5, 0.6) is 0 Å². The van der Waals surface area contributed by atoms with Crippen molar-refractivity contribution in [1.29, 1.82) is 0 Å². The van der Waals surface area contributed by atoms with E-state index in [-0.39, 0.29) is 0 Å². The zero-order chi connectivity index (χ0) is 22.8. The van der Waals surface area contributed by atoms with Crippen LogP contribution in [0.1, 0.15) is 59.1 Å². The van der Waals surface area contributed by atoms with Gasteiger partial charge in [0.25, 0.3) is 10.0 Å². The van der Waals surface area contributed by atoms with Crippen molar-refractivity contribution >= 4 is 27.8 Å². The van der Waals surface area contributed by atoms with Gasteiger partial charge in [-0.1, -0.05) is 30.3 Å². The Labute approximate surface area is 196 Å². The van der Waals surface area contributed by atoms with E-state index in [1.165, 1.54) is 35.1 Å². The minimum Gasteiger partial charge on any atom is -0.307 e. The molecule has 2 N–H and O–H groups in total. The quantitative estimate of drug-likeness (QED) is 0.664. The molecule has 0 radical (unpaired) electrons. The van der Waals surface area contributed by atoms with Gasteiger partial charge in [0.05, 0.1) is 5.41 Å². The second-order valence-corrected chi connectivity index (χ2v) is 10.9. The number of amides is 2. The molecule has 1 saturated heterocycles. The first kappa shape index (κ1) is 22.2. The third kappa shape index (κ3) is 5.14. The number of hydrogen-bond acceptors (Lipinski definition) is 4. The number of carbonyl (C=O) groups excluding carboxylic acids is 1. The van der Waals surface area contributed by atoms with Crippen LogP contribution in [0.15, 0.2) is 35.7 Å². The Morgan fingerprint density at radius 3 is 2.33 bits per heavy atom. The molecular formula is C26H31N3O3S. The highest BCUT2D eigenvalue weighted by molar-refractivity contribution is 7.93. The first-order valence-corrected chi connectivity index (χ1v) is 13.5. The lowest BCUT2D eigenvalue weighted by Crippen LogP contribution is -2.33. The van der Waals surface area contributed by atoms with Gasteiger partial charge in [-0.2, -0.15) is 0 Å². The van der Waals surface area contributed by atoms with Crippen molar-refractivity contribution in [3.05, 3.63) is 69.1 Å². The van der Waals surface area contributed by atoms with Crippen LogP contribution in [0.2, 0.25) is 0 Å². The van der Waals surface area contributed by atoms with Gasteiger partial charge in [-0.3, -0.25) is 4.90 Å². The number of carbonyl (C=O) groups is 1. The standard InChI is InChI=1S/C26H31N3O3S/c30-26(27-25-23-10-4-8-21(23)17-22-9-5-11-24(22)25)28-33(31,32)15-12-19-6-3-7-20(16-19)18-29-13-1-2-14-29/h3,6-7,12,15-17H,1-2,4-5,8-11,13-14,18H2,(H2,27,28,30)/b15-12+. The van der Waals surface area contributed by atoms with Crippen molar-refractivity contribution < 1.29 is 13.2 Å². The first-order chi connectivity index (χ1) is 16.0. The molecular weight excluding hydrogens is 434 g/mol. The minimum atomic E-state index is -3.92. The molecule has 2 amide bonds. The number of benzene rings is 2. The summed E-state index contributed by atoms with van der Waals surface area (Å²) in [5.74, 6) is 0. The number of rotatable bonds is 6. The molecule has 7 heteroatoms. The summed E-state index contributed by atoms with van der Waals surface area (Å²) in [6, 6.07) is 9.46. The van der Waals surface area contributed by atoms with Gasteiger partial charge in [0.2, 0.25) is 0 Å². The summed E-state index contributed by atoms with van der Waals surface area (Å²) in [5, 5.41) is 3.95. The van der Waals surface area contributed by atoms with Gasteiger partial charge >= 0.3 is 6.03 Å². The summed E-state index contributed by atoms with van der Waals surface area (Å²) < 4.78 is 27.3. The van der Waals surface area contributed by atoms with E-state index in [0.29, 0.717) is 0 Å². The SMILES string of the molecule is O=C(Nc1c2c(cc3c1CCC3)CCC2)NS(=O)(=O)/C=C/c1cccc(CN2CCCC2)c1. The van der Waals surface area contributed by atoms with E-state index >= 15 is 0 Å². The van der Waals surface area contributed by atoms with Crippen molar-refractivity contribution in [2.45, 2.75) is 57.9 Å². The van der Waals surface area contributed by atoms with E-state index in [0.717, 1.165) is 80.4 Å². The molecule has 1 aliphatic heterocycles. The molecule has 3 aliphatic rings. The largest absolute Gasteiger partial charge is 0.333 e. The van der Waals surface area contributed by atoms with E-state index < -0.39 is 16.1 Å². The third-order valence-electron chi connectivity index (χ3n) is 6.94. The van der Waals surface area contributed by atoms with Gasteiger partial charge < -0.3 is 5.32 Å². The van der Waals surface area contributed by atoms with Gasteiger partial charge in [-0.15, -0.1) is 0 Å². The molecule has 0 aromatic heterocycles. The summed E-state index contributed by atoms with van der Waals surface area (Å²) >= 11 is 0. The molecule has 2 aromatic carbocycles. The monoisotopic (exact) mass is 465 g/mol. The van der Waals surface area contributed by atoms with E-state index in [1.807, 2.05) is 18.2 Å². The Balaban J connectivity index is 1.26. The van der Waals surface area contributed by atoms with Crippen molar-refractivity contribution in [2.75, 3.05) is 18.4 Å². The van der Waals surface area contributed by atoms with Crippen molar-refractivity contribution in [3.8, 4) is 0 Å². The van der Waals surface area contributed by atoms with E-state index in [1.54, 1.807) is 6.08 Å². The normalized spacial score (nSPS) is 17.9. The molecule has 174 valence electrons. The molecule has 0 unspecified atom stereocenters. The van der Waals surface area contributed by atoms with Gasteiger partial charge in [-0.05, 0) is 104 Å². The summed E-state index contributed by atoms with van der Waals surface area (Å²) in [7, 11) is -3.92. The fourth-order valence-electron chi connectivity index (χ4n) is 5.43.